The third-order valence-corrected chi connectivity index (χ3v) is 4.54. The Morgan fingerprint density at radius 2 is 1.71 bits per heavy atom. The van der Waals surface area contributed by atoms with Gasteiger partial charge < -0.3 is 10.6 Å². The van der Waals surface area contributed by atoms with Gasteiger partial charge in [-0.15, -0.1) is 0 Å². The van der Waals surface area contributed by atoms with Gasteiger partial charge in [-0.2, -0.15) is 0 Å². The molecule has 1 fully saturated rings. The highest BCUT2D eigenvalue weighted by Crippen LogP contribution is 2.17. The minimum atomic E-state index is -0.480. The van der Waals surface area contributed by atoms with Gasteiger partial charge in [0.1, 0.15) is 0 Å². The smallest absolute Gasteiger partial charge is 0.307 e. The van der Waals surface area contributed by atoms with E-state index < -0.39 is 6.03 Å². The number of rotatable bonds is 4. The van der Waals surface area contributed by atoms with E-state index in [4.69, 9.17) is 0 Å². The lowest BCUT2D eigenvalue weighted by molar-refractivity contribution is -0.119. The summed E-state index contributed by atoms with van der Waals surface area (Å²) in [7, 11) is 0. The van der Waals surface area contributed by atoms with Gasteiger partial charge in [-0.05, 0) is 38.3 Å². The van der Waals surface area contributed by atoms with E-state index in [-0.39, 0.29) is 12.5 Å². The summed E-state index contributed by atoms with van der Waals surface area (Å²) in [5.41, 5.74) is 2.84. The molecule has 132 valence electrons. The molecule has 2 rings (SSSR count). The molecule has 24 heavy (non-hydrogen) atoms. The lowest BCUT2D eigenvalue weighted by Gasteiger charge is -2.20. The molecular formula is C19H29N3O2. The van der Waals surface area contributed by atoms with E-state index in [0.717, 1.165) is 29.7 Å². The van der Waals surface area contributed by atoms with Crippen LogP contribution in [-0.4, -0.2) is 24.5 Å². The predicted octanol–water partition coefficient (Wildman–Crippen LogP) is 3.65. The van der Waals surface area contributed by atoms with E-state index in [1.807, 2.05) is 32.0 Å². The molecule has 1 aromatic rings. The Labute approximate surface area is 144 Å². The highest BCUT2D eigenvalue weighted by atomic mass is 16.2. The first kappa shape index (κ1) is 18.5. The number of nitrogens with one attached hydrogen (secondary N) is 3. The highest BCUT2D eigenvalue weighted by Gasteiger charge is 2.14. The van der Waals surface area contributed by atoms with Gasteiger partial charge in [0.15, 0.2) is 0 Å². The van der Waals surface area contributed by atoms with Crippen LogP contribution in [0.5, 0.6) is 0 Å². The van der Waals surface area contributed by atoms with Crippen LogP contribution < -0.4 is 16.0 Å². The summed E-state index contributed by atoms with van der Waals surface area (Å²) in [6, 6.07) is 5.68. The van der Waals surface area contributed by atoms with Gasteiger partial charge >= 0.3 is 6.03 Å². The SMILES string of the molecule is Cc1ccc(NC(=O)NC(=O)CNC2CCCCCCC2)c(C)c1. The van der Waals surface area contributed by atoms with Crippen LogP contribution in [0.2, 0.25) is 0 Å². The number of benzene rings is 1. The molecule has 0 spiro atoms. The second-order valence-electron chi connectivity index (χ2n) is 6.74. The zero-order valence-electron chi connectivity index (χ0n) is 14.8. The Kier molecular flexibility index (Phi) is 7.25. The van der Waals surface area contributed by atoms with Crippen molar-refractivity contribution < 1.29 is 9.59 Å². The summed E-state index contributed by atoms with van der Waals surface area (Å²) in [6.07, 6.45) is 8.54. The second-order valence-corrected chi connectivity index (χ2v) is 6.74. The largest absolute Gasteiger partial charge is 0.325 e. The molecule has 0 unspecified atom stereocenters. The molecule has 3 amide bonds. The maximum absolute atomic E-state index is 11.9. The summed E-state index contributed by atoms with van der Waals surface area (Å²) >= 11 is 0. The van der Waals surface area contributed by atoms with Crippen molar-refractivity contribution in [2.75, 3.05) is 11.9 Å². The molecule has 1 aromatic carbocycles. The van der Waals surface area contributed by atoms with Gasteiger partial charge in [0, 0.05) is 11.7 Å². The molecular weight excluding hydrogens is 302 g/mol. The molecule has 1 saturated carbocycles. The lowest BCUT2D eigenvalue weighted by Crippen LogP contribution is -2.43. The summed E-state index contributed by atoms with van der Waals surface area (Å²) in [4.78, 5) is 23.9. The van der Waals surface area contributed by atoms with Gasteiger partial charge in [0.2, 0.25) is 5.91 Å². The summed E-state index contributed by atoms with van der Waals surface area (Å²) in [6.45, 7) is 4.12. The van der Waals surface area contributed by atoms with E-state index in [0.29, 0.717) is 6.04 Å². The van der Waals surface area contributed by atoms with Crippen molar-refractivity contribution in [1.82, 2.24) is 10.6 Å². The van der Waals surface area contributed by atoms with Crippen LogP contribution >= 0.6 is 0 Å². The molecule has 1 aliphatic rings. The quantitative estimate of drug-likeness (QED) is 0.788. The van der Waals surface area contributed by atoms with Crippen LogP contribution in [0.25, 0.3) is 0 Å². The molecule has 1 aliphatic carbocycles. The molecule has 0 radical (unpaired) electrons. The molecule has 5 heteroatoms. The minimum absolute atomic E-state index is 0.185. The fourth-order valence-electron chi connectivity index (χ4n) is 3.18. The molecule has 0 bridgehead atoms. The van der Waals surface area contributed by atoms with Crippen molar-refractivity contribution in [3.05, 3.63) is 29.3 Å². The van der Waals surface area contributed by atoms with Gasteiger partial charge in [0.05, 0.1) is 6.54 Å². The first-order chi connectivity index (χ1) is 11.5. The first-order valence-corrected chi connectivity index (χ1v) is 8.96. The third kappa shape index (κ3) is 6.32. The fourth-order valence-corrected chi connectivity index (χ4v) is 3.18. The first-order valence-electron chi connectivity index (χ1n) is 8.96. The zero-order chi connectivity index (χ0) is 17.4. The van der Waals surface area contributed by atoms with Crippen LogP contribution in [0.4, 0.5) is 10.5 Å². The number of aryl methyl sites for hydroxylation is 2. The van der Waals surface area contributed by atoms with E-state index in [1.165, 1.54) is 32.1 Å². The normalized spacial score (nSPS) is 16.1. The number of hydrogen-bond donors (Lipinski definition) is 3. The number of carbonyl (C=O) groups is 2. The van der Waals surface area contributed by atoms with E-state index in [2.05, 4.69) is 16.0 Å². The van der Waals surface area contributed by atoms with Gasteiger partial charge in [-0.25, -0.2) is 4.79 Å². The van der Waals surface area contributed by atoms with E-state index in [1.54, 1.807) is 0 Å². The Hall–Kier alpha value is -1.88. The van der Waals surface area contributed by atoms with Crippen LogP contribution in [-0.2, 0) is 4.79 Å². The number of imide groups is 1. The molecule has 0 aromatic heterocycles. The van der Waals surface area contributed by atoms with E-state index in [9.17, 15) is 9.59 Å². The Morgan fingerprint density at radius 1 is 1.04 bits per heavy atom. The topological polar surface area (TPSA) is 70.2 Å². The standard InChI is InChI=1S/C19H29N3O2/c1-14-10-11-17(15(2)12-14)21-19(24)22-18(23)13-20-16-8-6-4-3-5-7-9-16/h10-12,16,20H,3-9,13H2,1-2H3,(H2,21,22,23,24). The Morgan fingerprint density at radius 3 is 2.38 bits per heavy atom. The predicted molar refractivity (Wildman–Crippen MR) is 97.2 cm³/mol. The van der Waals surface area contributed by atoms with Gasteiger partial charge in [-0.1, -0.05) is 49.8 Å². The Balaban J connectivity index is 1.73. The van der Waals surface area contributed by atoms with Crippen molar-refractivity contribution in [2.24, 2.45) is 0 Å². The fraction of sp³-hybridized carbons (Fsp3) is 0.579. The minimum Gasteiger partial charge on any atom is -0.307 e. The summed E-state index contributed by atoms with van der Waals surface area (Å²) in [5.74, 6) is -0.292. The van der Waals surface area contributed by atoms with Gasteiger partial charge in [-0.3, -0.25) is 10.1 Å². The summed E-state index contributed by atoms with van der Waals surface area (Å²) in [5, 5.41) is 8.40. The van der Waals surface area contributed by atoms with Gasteiger partial charge in [0.25, 0.3) is 0 Å². The molecule has 3 N–H and O–H groups in total. The lowest BCUT2D eigenvalue weighted by atomic mass is 9.97. The second kappa shape index (κ2) is 9.42. The monoisotopic (exact) mass is 331 g/mol. The molecule has 5 nitrogen and oxygen atoms in total. The molecule has 0 heterocycles. The van der Waals surface area contributed by atoms with E-state index >= 15 is 0 Å². The van der Waals surface area contributed by atoms with Crippen LogP contribution in [0, 0.1) is 13.8 Å². The highest BCUT2D eigenvalue weighted by molar-refractivity contribution is 6.02. The van der Waals surface area contributed by atoms with Crippen molar-refractivity contribution in [2.45, 2.75) is 64.8 Å². The van der Waals surface area contributed by atoms with Crippen LogP contribution in [0.3, 0.4) is 0 Å². The van der Waals surface area contributed by atoms with Crippen LogP contribution in [0.15, 0.2) is 18.2 Å². The third-order valence-electron chi connectivity index (χ3n) is 4.54. The zero-order valence-corrected chi connectivity index (χ0v) is 14.8. The maximum atomic E-state index is 11.9. The number of urea groups is 1. The van der Waals surface area contributed by atoms with Crippen molar-refractivity contribution >= 4 is 17.6 Å². The van der Waals surface area contributed by atoms with Crippen molar-refractivity contribution in [3.63, 3.8) is 0 Å². The molecule has 0 aliphatic heterocycles. The molecule has 0 atom stereocenters. The number of hydrogen-bond acceptors (Lipinski definition) is 3. The maximum Gasteiger partial charge on any atom is 0.325 e. The summed E-state index contributed by atoms with van der Waals surface area (Å²) < 4.78 is 0. The van der Waals surface area contributed by atoms with Crippen molar-refractivity contribution in [1.29, 1.82) is 0 Å². The number of anilines is 1. The average Bonchev–Trinajstić information content (AvgIpc) is 2.49. The number of amides is 3. The molecule has 0 saturated heterocycles. The number of carbonyl (C=O) groups excluding carboxylic acids is 2. The van der Waals surface area contributed by atoms with Crippen LogP contribution in [0.1, 0.15) is 56.1 Å². The van der Waals surface area contributed by atoms with Crippen molar-refractivity contribution in [3.8, 4) is 0 Å². The average molecular weight is 331 g/mol. The Bertz CT molecular complexity index is 564.